The van der Waals surface area contributed by atoms with Crippen molar-refractivity contribution in [2.75, 3.05) is 13.7 Å². The third-order valence-corrected chi connectivity index (χ3v) is 4.96. The fourth-order valence-electron chi connectivity index (χ4n) is 3.18. The highest BCUT2D eigenvalue weighted by Gasteiger charge is 2.17. The van der Waals surface area contributed by atoms with Gasteiger partial charge in [0.2, 0.25) is 0 Å². The summed E-state index contributed by atoms with van der Waals surface area (Å²) in [6.45, 7) is 2.44. The predicted octanol–water partition coefficient (Wildman–Crippen LogP) is 5.51. The summed E-state index contributed by atoms with van der Waals surface area (Å²) in [5.41, 5.74) is 1.75. The second-order valence-corrected chi connectivity index (χ2v) is 7.16. The van der Waals surface area contributed by atoms with E-state index in [1.54, 1.807) is 13.3 Å². The van der Waals surface area contributed by atoms with Crippen LogP contribution in [-0.2, 0) is 6.42 Å². The van der Waals surface area contributed by atoms with Gasteiger partial charge in [-0.05, 0) is 37.6 Å². The smallest absolute Gasteiger partial charge is 0.307 e. The van der Waals surface area contributed by atoms with Gasteiger partial charge < -0.3 is 13.9 Å². The van der Waals surface area contributed by atoms with Gasteiger partial charge in [-0.3, -0.25) is 4.57 Å². The van der Waals surface area contributed by atoms with Crippen molar-refractivity contribution in [3.05, 3.63) is 77.5 Å². The van der Waals surface area contributed by atoms with Gasteiger partial charge >= 0.3 is 6.01 Å². The minimum atomic E-state index is 0.496. The topological polar surface area (TPSA) is 62.3 Å². The molecule has 154 valence electrons. The largest absolute Gasteiger partial charge is 0.493 e. The number of hydrogen-bond acceptors (Lipinski definition) is 5. The zero-order valence-electron chi connectivity index (χ0n) is 16.8. The van der Waals surface area contributed by atoms with Gasteiger partial charge in [-0.25, -0.2) is 4.98 Å². The lowest BCUT2D eigenvalue weighted by atomic mass is 10.1. The van der Waals surface area contributed by atoms with Crippen LogP contribution in [0, 0.1) is 6.92 Å². The molecule has 30 heavy (non-hydrogen) atoms. The number of ether oxygens (including phenoxy) is 2. The molecule has 6 nitrogen and oxygen atoms in total. The first-order chi connectivity index (χ1) is 14.7. The lowest BCUT2D eigenvalue weighted by molar-refractivity contribution is 0.286. The normalized spacial score (nSPS) is 10.9. The van der Waals surface area contributed by atoms with E-state index < -0.39 is 0 Å². The van der Waals surface area contributed by atoms with E-state index in [0.29, 0.717) is 24.1 Å². The van der Waals surface area contributed by atoms with Gasteiger partial charge in [0.15, 0.2) is 11.5 Å². The summed E-state index contributed by atoms with van der Waals surface area (Å²) in [5, 5.41) is 0.680. The molecule has 4 aromatic rings. The molecule has 0 saturated heterocycles. The van der Waals surface area contributed by atoms with Crippen LogP contribution in [0.1, 0.15) is 18.0 Å². The minimum absolute atomic E-state index is 0.496. The maximum absolute atomic E-state index is 6.12. The highest BCUT2D eigenvalue weighted by molar-refractivity contribution is 6.30. The van der Waals surface area contributed by atoms with Crippen molar-refractivity contribution in [3.8, 4) is 28.8 Å². The molecule has 0 aliphatic carbocycles. The first kappa shape index (κ1) is 20.0. The molecule has 0 spiro atoms. The molecule has 0 amide bonds. The number of imidazole rings is 1. The molecule has 0 unspecified atom stereocenters. The van der Waals surface area contributed by atoms with Crippen LogP contribution in [0.15, 0.2) is 65.3 Å². The van der Waals surface area contributed by atoms with Crippen molar-refractivity contribution in [2.24, 2.45) is 0 Å². The molecule has 0 aliphatic rings. The van der Waals surface area contributed by atoms with Crippen LogP contribution in [-0.4, -0.2) is 28.3 Å². The standard InChI is InChI=1S/C23H22ClN3O3/c1-16-25-13-14-27(16)23-26-22(17-9-11-18(24)12-10-17)21(30-23)8-5-15-29-20-7-4-3-6-19(20)28-2/h3-4,6-7,9-14H,5,8,15H2,1-2H3. The van der Waals surface area contributed by atoms with Crippen molar-refractivity contribution in [1.82, 2.24) is 14.5 Å². The fourth-order valence-corrected chi connectivity index (χ4v) is 3.30. The van der Waals surface area contributed by atoms with Crippen LogP contribution < -0.4 is 9.47 Å². The van der Waals surface area contributed by atoms with Gasteiger partial charge in [0.1, 0.15) is 17.3 Å². The molecule has 0 radical (unpaired) electrons. The number of rotatable bonds is 8. The van der Waals surface area contributed by atoms with Gasteiger partial charge in [-0.15, -0.1) is 0 Å². The molecule has 2 aromatic heterocycles. The van der Waals surface area contributed by atoms with Crippen molar-refractivity contribution >= 4 is 11.6 Å². The summed E-state index contributed by atoms with van der Waals surface area (Å²) in [6, 6.07) is 15.7. The van der Waals surface area contributed by atoms with E-state index in [2.05, 4.69) is 4.98 Å². The Morgan fingerprint density at radius 3 is 2.53 bits per heavy atom. The van der Waals surface area contributed by atoms with Crippen LogP contribution in [0.4, 0.5) is 0 Å². The van der Waals surface area contributed by atoms with E-state index in [9.17, 15) is 0 Å². The van der Waals surface area contributed by atoms with Crippen LogP contribution >= 0.6 is 11.6 Å². The van der Waals surface area contributed by atoms with Crippen LogP contribution in [0.2, 0.25) is 5.02 Å². The quantitative estimate of drug-likeness (QED) is 0.350. The Labute approximate surface area is 180 Å². The van der Waals surface area contributed by atoms with E-state index in [0.717, 1.165) is 40.8 Å². The lowest BCUT2D eigenvalue weighted by Crippen LogP contribution is -2.01. The summed E-state index contributed by atoms with van der Waals surface area (Å²) in [5.74, 6) is 3.05. The SMILES string of the molecule is COc1ccccc1OCCCc1oc(-n2ccnc2C)nc1-c1ccc(Cl)cc1. The molecule has 0 fully saturated rings. The highest BCUT2D eigenvalue weighted by Crippen LogP contribution is 2.29. The number of methoxy groups -OCH3 is 1. The summed E-state index contributed by atoms with van der Waals surface area (Å²) in [4.78, 5) is 8.99. The molecule has 0 saturated carbocycles. The molecule has 0 aliphatic heterocycles. The average molecular weight is 424 g/mol. The van der Waals surface area contributed by atoms with E-state index in [1.165, 1.54) is 0 Å². The van der Waals surface area contributed by atoms with Gasteiger partial charge in [-0.1, -0.05) is 35.9 Å². The van der Waals surface area contributed by atoms with Crippen molar-refractivity contribution in [2.45, 2.75) is 19.8 Å². The number of aromatic nitrogens is 3. The number of para-hydroxylation sites is 2. The molecular formula is C23H22ClN3O3. The summed E-state index contributed by atoms with van der Waals surface area (Å²) < 4.78 is 19.2. The van der Waals surface area contributed by atoms with Gasteiger partial charge in [0.25, 0.3) is 0 Å². The lowest BCUT2D eigenvalue weighted by Gasteiger charge is -2.09. The molecule has 7 heteroatoms. The number of hydrogen-bond donors (Lipinski definition) is 0. The molecule has 4 rings (SSSR count). The fraction of sp³-hybridized carbons (Fsp3) is 0.217. The second kappa shape index (κ2) is 9.05. The Morgan fingerprint density at radius 1 is 1.07 bits per heavy atom. The maximum Gasteiger partial charge on any atom is 0.307 e. The monoisotopic (exact) mass is 423 g/mol. The third kappa shape index (κ3) is 4.33. The Hall–Kier alpha value is -3.25. The van der Waals surface area contributed by atoms with Crippen LogP contribution in [0.25, 0.3) is 17.3 Å². The second-order valence-electron chi connectivity index (χ2n) is 6.72. The van der Waals surface area contributed by atoms with Crippen molar-refractivity contribution in [3.63, 3.8) is 0 Å². The van der Waals surface area contributed by atoms with E-state index in [4.69, 9.17) is 30.5 Å². The number of nitrogens with zero attached hydrogens (tertiary/aromatic N) is 3. The Morgan fingerprint density at radius 2 is 1.83 bits per heavy atom. The molecule has 2 heterocycles. The number of benzene rings is 2. The summed E-state index contributed by atoms with van der Waals surface area (Å²) in [6.07, 6.45) is 4.99. The van der Waals surface area contributed by atoms with Gasteiger partial charge in [0, 0.05) is 29.4 Å². The Kier molecular flexibility index (Phi) is 6.05. The van der Waals surface area contributed by atoms with E-state index in [1.807, 2.05) is 66.2 Å². The summed E-state index contributed by atoms with van der Waals surface area (Å²) in [7, 11) is 1.63. The maximum atomic E-state index is 6.12. The van der Waals surface area contributed by atoms with Crippen molar-refractivity contribution < 1.29 is 13.9 Å². The molecule has 0 N–H and O–H groups in total. The predicted molar refractivity (Wildman–Crippen MR) is 116 cm³/mol. The first-order valence-electron chi connectivity index (χ1n) is 9.67. The average Bonchev–Trinajstić information content (AvgIpc) is 3.38. The van der Waals surface area contributed by atoms with Gasteiger partial charge in [-0.2, -0.15) is 4.98 Å². The zero-order chi connectivity index (χ0) is 20.9. The molecular weight excluding hydrogens is 402 g/mol. The highest BCUT2D eigenvalue weighted by atomic mass is 35.5. The van der Waals surface area contributed by atoms with Crippen LogP contribution in [0.3, 0.4) is 0 Å². The van der Waals surface area contributed by atoms with E-state index in [-0.39, 0.29) is 0 Å². The molecule has 0 atom stereocenters. The van der Waals surface area contributed by atoms with E-state index >= 15 is 0 Å². The number of aryl methyl sites for hydroxylation is 2. The number of oxazole rings is 1. The number of halogens is 1. The first-order valence-corrected chi connectivity index (χ1v) is 10.1. The minimum Gasteiger partial charge on any atom is -0.493 e. The van der Waals surface area contributed by atoms with Gasteiger partial charge in [0.05, 0.1) is 13.7 Å². The molecule has 0 bridgehead atoms. The molecule has 2 aromatic carbocycles. The summed E-state index contributed by atoms with van der Waals surface area (Å²) >= 11 is 6.05. The zero-order valence-corrected chi connectivity index (χ0v) is 17.6. The Bertz CT molecular complexity index is 1120. The van der Waals surface area contributed by atoms with Crippen molar-refractivity contribution in [1.29, 1.82) is 0 Å². The third-order valence-electron chi connectivity index (χ3n) is 4.71. The van der Waals surface area contributed by atoms with Crippen LogP contribution in [0.5, 0.6) is 11.5 Å². The Balaban J connectivity index is 1.53.